The number of nitrogens with one attached hydrogen (secondary N) is 2. The molecule has 1 aliphatic rings. The van der Waals surface area contributed by atoms with Gasteiger partial charge in [-0.3, -0.25) is 0 Å². The van der Waals surface area contributed by atoms with Crippen LogP contribution in [0.1, 0.15) is 28.7 Å². The van der Waals surface area contributed by atoms with Crippen molar-refractivity contribution in [2.45, 2.75) is 32.4 Å². The highest BCUT2D eigenvalue weighted by Crippen LogP contribution is 2.22. The zero-order valence-corrected chi connectivity index (χ0v) is 12.1. The maximum Gasteiger partial charge on any atom is 0.0340 e. The van der Waals surface area contributed by atoms with Crippen LogP contribution in [-0.2, 0) is 25.9 Å². The van der Waals surface area contributed by atoms with E-state index in [1.54, 1.807) is 11.1 Å². The molecule has 0 heterocycles. The molecule has 0 atom stereocenters. The fourth-order valence-corrected chi connectivity index (χ4v) is 2.92. The number of aryl methyl sites for hydroxylation is 2. The van der Waals surface area contributed by atoms with Gasteiger partial charge in [0.15, 0.2) is 0 Å². The van der Waals surface area contributed by atoms with E-state index in [2.05, 4.69) is 53.1 Å². The van der Waals surface area contributed by atoms with Crippen LogP contribution in [0.15, 0.2) is 42.5 Å². The van der Waals surface area contributed by atoms with Crippen LogP contribution in [0.2, 0.25) is 0 Å². The summed E-state index contributed by atoms with van der Waals surface area (Å²) in [6.45, 7) is 1.85. The normalized spacial score (nSPS) is 13.2. The average Bonchev–Trinajstić information content (AvgIpc) is 2.95. The van der Waals surface area contributed by atoms with Crippen LogP contribution in [0, 0.1) is 0 Å². The van der Waals surface area contributed by atoms with Crippen molar-refractivity contribution in [2.24, 2.45) is 0 Å². The van der Waals surface area contributed by atoms with E-state index >= 15 is 0 Å². The summed E-state index contributed by atoms with van der Waals surface area (Å²) in [7, 11) is 1.96. The molecule has 20 heavy (non-hydrogen) atoms. The Kier molecular flexibility index (Phi) is 4.03. The first-order valence-electron chi connectivity index (χ1n) is 7.43. The van der Waals surface area contributed by atoms with Crippen molar-refractivity contribution in [3.05, 3.63) is 64.7 Å². The second-order valence-electron chi connectivity index (χ2n) is 5.51. The summed E-state index contributed by atoms with van der Waals surface area (Å²) in [4.78, 5) is 0. The fraction of sp³-hybridized carbons (Fsp3) is 0.333. The predicted molar refractivity (Wildman–Crippen MR) is 85.0 cm³/mol. The summed E-state index contributed by atoms with van der Waals surface area (Å²) in [5.41, 5.74) is 6.99. The highest BCUT2D eigenvalue weighted by molar-refractivity contribution is 5.45. The molecule has 0 fully saturated rings. The molecule has 0 spiro atoms. The molecule has 2 aromatic carbocycles. The Bertz CT molecular complexity index is 590. The molecule has 3 rings (SSSR count). The minimum Gasteiger partial charge on any atom is -0.388 e. The van der Waals surface area contributed by atoms with Gasteiger partial charge < -0.3 is 10.6 Å². The Hall–Kier alpha value is -1.80. The largest absolute Gasteiger partial charge is 0.388 e. The summed E-state index contributed by atoms with van der Waals surface area (Å²) in [6, 6.07) is 15.5. The van der Waals surface area contributed by atoms with Gasteiger partial charge in [0.2, 0.25) is 0 Å². The molecule has 2 nitrogen and oxygen atoms in total. The standard InChI is InChI=1S/C18H22N2/c1-19-18-7-2-4-14(11-18)12-20-13-15-8-9-16-5-3-6-17(16)10-15/h2,4,7-11,19-20H,3,5-6,12-13H2,1H3. The molecule has 2 N–H and O–H groups in total. The first-order chi connectivity index (χ1) is 9.85. The topological polar surface area (TPSA) is 24.1 Å². The predicted octanol–water partition coefficient (Wildman–Crippen LogP) is 3.51. The lowest BCUT2D eigenvalue weighted by Gasteiger charge is -2.08. The third-order valence-corrected chi connectivity index (χ3v) is 4.04. The maximum absolute atomic E-state index is 3.53. The Morgan fingerprint density at radius 2 is 1.70 bits per heavy atom. The van der Waals surface area contributed by atoms with E-state index < -0.39 is 0 Å². The summed E-state index contributed by atoms with van der Waals surface area (Å²) < 4.78 is 0. The van der Waals surface area contributed by atoms with Gasteiger partial charge >= 0.3 is 0 Å². The Morgan fingerprint density at radius 1 is 0.900 bits per heavy atom. The molecule has 0 bridgehead atoms. The Labute approximate surface area is 121 Å². The average molecular weight is 266 g/mol. The lowest BCUT2D eigenvalue weighted by atomic mass is 10.1. The highest BCUT2D eigenvalue weighted by Gasteiger charge is 2.10. The van der Waals surface area contributed by atoms with Crippen molar-refractivity contribution >= 4 is 5.69 Å². The molecular formula is C18H22N2. The number of rotatable bonds is 5. The molecular weight excluding hydrogens is 244 g/mol. The van der Waals surface area contributed by atoms with Crippen LogP contribution in [0.25, 0.3) is 0 Å². The lowest BCUT2D eigenvalue weighted by molar-refractivity contribution is 0.693. The molecule has 104 valence electrons. The van der Waals surface area contributed by atoms with Gasteiger partial charge in [-0.05, 0) is 53.6 Å². The van der Waals surface area contributed by atoms with Crippen LogP contribution in [0.3, 0.4) is 0 Å². The molecule has 0 unspecified atom stereocenters. The molecule has 0 aliphatic heterocycles. The molecule has 2 aromatic rings. The fourth-order valence-electron chi connectivity index (χ4n) is 2.92. The van der Waals surface area contributed by atoms with E-state index in [0.29, 0.717) is 0 Å². The van der Waals surface area contributed by atoms with Crippen molar-refractivity contribution in [1.82, 2.24) is 5.32 Å². The SMILES string of the molecule is CNc1cccc(CNCc2ccc3c(c2)CCC3)c1. The monoisotopic (exact) mass is 266 g/mol. The van der Waals surface area contributed by atoms with Gasteiger partial charge in [0.25, 0.3) is 0 Å². The highest BCUT2D eigenvalue weighted by atomic mass is 14.9. The summed E-state index contributed by atoms with van der Waals surface area (Å²) >= 11 is 0. The Balaban J connectivity index is 1.57. The molecule has 2 heteroatoms. The summed E-state index contributed by atoms with van der Waals surface area (Å²) in [5.74, 6) is 0. The second-order valence-corrected chi connectivity index (χ2v) is 5.51. The van der Waals surface area contributed by atoms with E-state index in [0.717, 1.165) is 13.1 Å². The van der Waals surface area contributed by atoms with Gasteiger partial charge in [-0.2, -0.15) is 0 Å². The molecule has 0 saturated carbocycles. The van der Waals surface area contributed by atoms with Crippen LogP contribution >= 0.6 is 0 Å². The first kappa shape index (κ1) is 13.2. The molecule has 0 radical (unpaired) electrons. The third kappa shape index (κ3) is 3.02. The smallest absolute Gasteiger partial charge is 0.0340 e. The van der Waals surface area contributed by atoms with E-state index in [-0.39, 0.29) is 0 Å². The number of hydrogen-bond acceptors (Lipinski definition) is 2. The zero-order valence-electron chi connectivity index (χ0n) is 12.1. The van der Waals surface area contributed by atoms with Crippen molar-refractivity contribution < 1.29 is 0 Å². The van der Waals surface area contributed by atoms with Crippen molar-refractivity contribution in [3.8, 4) is 0 Å². The van der Waals surface area contributed by atoms with Crippen molar-refractivity contribution in [2.75, 3.05) is 12.4 Å². The van der Waals surface area contributed by atoms with E-state index in [1.165, 1.54) is 36.1 Å². The van der Waals surface area contributed by atoms with Crippen LogP contribution in [0.4, 0.5) is 5.69 Å². The summed E-state index contributed by atoms with van der Waals surface area (Å²) in [5, 5.41) is 6.71. The van der Waals surface area contributed by atoms with Crippen LogP contribution in [-0.4, -0.2) is 7.05 Å². The molecule has 0 aromatic heterocycles. The van der Waals surface area contributed by atoms with Gasteiger partial charge in [-0.1, -0.05) is 30.3 Å². The molecule has 0 amide bonds. The summed E-state index contributed by atoms with van der Waals surface area (Å²) in [6.07, 6.45) is 3.84. The minimum atomic E-state index is 0.909. The van der Waals surface area contributed by atoms with Gasteiger partial charge in [-0.15, -0.1) is 0 Å². The van der Waals surface area contributed by atoms with Gasteiger partial charge in [0.05, 0.1) is 0 Å². The molecule has 1 aliphatic carbocycles. The first-order valence-corrected chi connectivity index (χ1v) is 7.43. The molecule has 0 saturated heterocycles. The third-order valence-electron chi connectivity index (χ3n) is 4.04. The number of hydrogen-bond donors (Lipinski definition) is 2. The van der Waals surface area contributed by atoms with Gasteiger partial charge in [0.1, 0.15) is 0 Å². The van der Waals surface area contributed by atoms with E-state index in [9.17, 15) is 0 Å². The van der Waals surface area contributed by atoms with Crippen LogP contribution in [0.5, 0.6) is 0 Å². The van der Waals surface area contributed by atoms with Gasteiger partial charge in [-0.25, -0.2) is 0 Å². The van der Waals surface area contributed by atoms with Crippen molar-refractivity contribution in [3.63, 3.8) is 0 Å². The second kappa shape index (κ2) is 6.10. The van der Waals surface area contributed by atoms with Crippen LogP contribution < -0.4 is 10.6 Å². The zero-order chi connectivity index (χ0) is 13.8. The van der Waals surface area contributed by atoms with Crippen molar-refractivity contribution in [1.29, 1.82) is 0 Å². The van der Waals surface area contributed by atoms with Gasteiger partial charge in [0, 0.05) is 25.8 Å². The minimum absolute atomic E-state index is 0.909. The van der Waals surface area contributed by atoms with E-state index in [4.69, 9.17) is 0 Å². The number of fused-ring (bicyclic) bond motifs is 1. The quantitative estimate of drug-likeness (QED) is 0.865. The number of anilines is 1. The van der Waals surface area contributed by atoms with E-state index in [1.807, 2.05) is 7.05 Å². The lowest BCUT2D eigenvalue weighted by Crippen LogP contribution is -2.13. The number of benzene rings is 2. The maximum atomic E-state index is 3.53. The Morgan fingerprint density at radius 3 is 2.55 bits per heavy atom.